The summed E-state index contributed by atoms with van der Waals surface area (Å²) in [5.74, 6) is 0.763. The van der Waals surface area contributed by atoms with Crippen LogP contribution in [0.1, 0.15) is 23.2 Å². The van der Waals surface area contributed by atoms with Gasteiger partial charge in [-0.15, -0.1) is 0 Å². The lowest BCUT2D eigenvalue weighted by Gasteiger charge is -2.29. The second-order valence-corrected chi connectivity index (χ2v) is 5.67. The van der Waals surface area contributed by atoms with Gasteiger partial charge < -0.3 is 16.4 Å². The van der Waals surface area contributed by atoms with Gasteiger partial charge in [0.05, 0.1) is 11.1 Å². The summed E-state index contributed by atoms with van der Waals surface area (Å²) < 4.78 is 0. The number of rotatable bonds is 5. The summed E-state index contributed by atoms with van der Waals surface area (Å²) in [5, 5.41) is 0.916. The molecule has 3 rings (SSSR count). The van der Waals surface area contributed by atoms with E-state index in [2.05, 4.69) is 4.98 Å². The summed E-state index contributed by atoms with van der Waals surface area (Å²) in [7, 11) is 1.94. The van der Waals surface area contributed by atoms with E-state index >= 15 is 0 Å². The zero-order chi connectivity index (χ0) is 15.0. The lowest BCUT2D eigenvalue weighted by Crippen LogP contribution is -2.41. The summed E-state index contributed by atoms with van der Waals surface area (Å²) in [6.07, 6.45) is 2.37. The maximum absolute atomic E-state index is 11.8. The largest absolute Gasteiger partial charge is 0.365 e. The van der Waals surface area contributed by atoms with Gasteiger partial charge in [0.25, 0.3) is 5.91 Å². The molecule has 1 amide bonds. The van der Waals surface area contributed by atoms with E-state index in [4.69, 9.17) is 11.5 Å². The Labute approximate surface area is 123 Å². The Morgan fingerprint density at radius 3 is 2.76 bits per heavy atom. The second kappa shape index (κ2) is 5.33. The molecule has 1 atom stereocenters. The number of primary amides is 1. The molecule has 5 nitrogen and oxygen atoms in total. The van der Waals surface area contributed by atoms with Crippen molar-refractivity contribution in [3.63, 3.8) is 0 Å². The highest BCUT2D eigenvalue weighted by molar-refractivity contribution is 6.01. The van der Waals surface area contributed by atoms with Crippen molar-refractivity contribution >= 4 is 22.6 Å². The van der Waals surface area contributed by atoms with Crippen LogP contribution in [0.5, 0.6) is 0 Å². The first kappa shape index (κ1) is 13.8. The Morgan fingerprint density at radius 2 is 2.14 bits per heavy atom. The molecule has 0 bridgehead atoms. The Bertz CT molecular complexity index is 681. The third-order valence-corrected chi connectivity index (χ3v) is 4.21. The van der Waals surface area contributed by atoms with Crippen molar-refractivity contribution in [2.24, 2.45) is 17.4 Å². The maximum Gasteiger partial charge on any atom is 0.252 e. The van der Waals surface area contributed by atoms with Gasteiger partial charge >= 0.3 is 0 Å². The fraction of sp³-hybridized carbons (Fsp3) is 0.375. The van der Waals surface area contributed by atoms with Crippen molar-refractivity contribution in [3.8, 4) is 0 Å². The van der Waals surface area contributed by atoms with Crippen LogP contribution in [0.2, 0.25) is 0 Å². The average molecular weight is 284 g/mol. The number of hydrogen-bond acceptors (Lipinski definition) is 4. The molecule has 21 heavy (non-hydrogen) atoms. The molecule has 1 unspecified atom stereocenters. The maximum atomic E-state index is 11.8. The molecule has 1 aromatic carbocycles. The highest BCUT2D eigenvalue weighted by Gasteiger charge is 2.34. The van der Waals surface area contributed by atoms with Gasteiger partial charge in [-0.3, -0.25) is 4.79 Å². The summed E-state index contributed by atoms with van der Waals surface area (Å²) >= 11 is 0. The van der Waals surface area contributed by atoms with E-state index in [0.29, 0.717) is 23.8 Å². The fourth-order valence-corrected chi connectivity index (χ4v) is 2.86. The molecule has 1 fully saturated rings. The van der Waals surface area contributed by atoms with E-state index < -0.39 is 5.91 Å². The molecular weight excluding hydrogens is 264 g/mol. The third kappa shape index (κ3) is 2.56. The van der Waals surface area contributed by atoms with Crippen LogP contribution in [0.3, 0.4) is 0 Å². The zero-order valence-corrected chi connectivity index (χ0v) is 12.1. The van der Waals surface area contributed by atoms with Crippen molar-refractivity contribution in [1.82, 2.24) is 4.98 Å². The summed E-state index contributed by atoms with van der Waals surface area (Å²) in [5.41, 5.74) is 12.8. The number of amides is 1. The Morgan fingerprint density at radius 1 is 1.43 bits per heavy atom. The van der Waals surface area contributed by atoms with Gasteiger partial charge in [0.15, 0.2) is 0 Å². The molecule has 0 radical (unpaired) electrons. The Kier molecular flexibility index (Phi) is 3.51. The SMILES string of the molecule is CN(c1nc2ccccc2cc1C(N)=O)C(CN)C1CC1. The molecule has 1 saturated carbocycles. The van der Waals surface area contributed by atoms with Crippen molar-refractivity contribution in [3.05, 3.63) is 35.9 Å². The van der Waals surface area contributed by atoms with E-state index in [0.717, 1.165) is 10.9 Å². The molecule has 4 N–H and O–H groups in total. The lowest BCUT2D eigenvalue weighted by molar-refractivity contribution is 0.100. The summed E-state index contributed by atoms with van der Waals surface area (Å²) in [6.45, 7) is 0.549. The number of likely N-dealkylation sites (N-methyl/N-ethyl adjacent to an activating group) is 1. The van der Waals surface area contributed by atoms with Crippen LogP contribution >= 0.6 is 0 Å². The average Bonchev–Trinajstić information content (AvgIpc) is 3.31. The minimum Gasteiger partial charge on any atom is -0.365 e. The van der Waals surface area contributed by atoms with Gasteiger partial charge in [-0.05, 0) is 30.9 Å². The minimum atomic E-state index is -0.457. The van der Waals surface area contributed by atoms with Gasteiger partial charge in [-0.1, -0.05) is 18.2 Å². The number of hydrogen-bond donors (Lipinski definition) is 2. The molecule has 0 saturated heterocycles. The third-order valence-electron chi connectivity index (χ3n) is 4.21. The van der Waals surface area contributed by atoms with Crippen LogP contribution in [-0.4, -0.2) is 30.5 Å². The molecule has 5 heteroatoms. The van der Waals surface area contributed by atoms with Crippen LogP contribution in [0.25, 0.3) is 10.9 Å². The number of carbonyl (C=O) groups is 1. The van der Waals surface area contributed by atoms with Crippen LogP contribution in [-0.2, 0) is 0 Å². The Balaban J connectivity index is 2.10. The molecular formula is C16H20N4O. The van der Waals surface area contributed by atoms with Crippen LogP contribution < -0.4 is 16.4 Å². The summed E-state index contributed by atoms with van der Waals surface area (Å²) in [4.78, 5) is 18.5. The van der Waals surface area contributed by atoms with Gasteiger partial charge in [0.1, 0.15) is 5.82 Å². The number of benzene rings is 1. The zero-order valence-electron chi connectivity index (χ0n) is 12.1. The topological polar surface area (TPSA) is 85.2 Å². The monoisotopic (exact) mass is 284 g/mol. The van der Waals surface area contributed by atoms with Crippen LogP contribution in [0, 0.1) is 5.92 Å². The number of nitrogens with zero attached hydrogens (tertiary/aromatic N) is 2. The first-order valence-electron chi connectivity index (χ1n) is 7.24. The number of pyridine rings is 1. The second-order valence-electron chi connectivity index (χ2n) is 5.67. The number of aromatic nitrogens is 1. The molecule has 1 heterocycles. The molecule has 1 aliphatic carbocycles. The first-order chi connectivity index (χ1) is 10.1. The number of para-hydroxylation sites is 1. The fourth-order valence-electron chi connectivity index (χ4n) is 2.86. The van der Waals surface area contributed by atoms with Crippen LogP contribution in [0.4, 0.5) is 5.82 Å². The van der Waals surface area contributed by atoms with Gasteiger partial charge in [-0.2, -0.15) is 0 Å². The van der Waals surface area contributed by atoms with E-state index in [-0.39, 0.29) is 6.04 Å². The summed E-state index contributed by atoms with van der Waals surface area (Å²) in [6, 6.07) is 9.75. The van der Waals surface area contributed by atoms with Gasteiger partial charge in [0.2, 0.25) is 0 Å². The van der Waals surface area contributed by atoms with Gasteiger partial charge in [-0.25, -0.2) is 4.98 Å². The molecule has 0 spiro atoms. The number of nitrogens with two attached hydrogens (primary N) is 2. The van der Waals surface area contributed by atoms with Crippen molar-refractivity contribution in [2.45, 2.75) is 18.9 Å². The lowest BCUT2D eigenvalue weighted by atomic mass is 10.1. The molecule has 1 aromatic heterocycles. The normalized spacial score (nSPS) is 15.9. The van der Waals surface area contributed by atoms with E-state index in [1.807, 2.05) is 42.3 Å². The van der Waals surface area contributed by atoms with E-state index in [1.165, 1.54) is 12.8 Å². The standard InChI is InChI=1S/C16H20N4O/c1-20(14(9-17)10-6-7-10)16-12(15(18)21)8-11-4-2-3-5-13(11)19-16/h2-5,8,10,14H,6-7,9,17H2,1H3,(H2,18,21). The molecule has 1 aliphatic rings. The number of anilines is 1. The first-order valence-corrected chi connectivity index (χ1v) is 7.24. The van der Waals surface area contributed by atoms with Gasteiger partial charge in [0, 0.05) is 25.0 Å². The number of carbonyl (C=O) groups excluding carboxylic acids is 1. The van der Waals surface area contributed by atoms with E-state index in [1.54, 1.807) is 0 Å². The molecule has 110 valence electrons. The van der Waals surface area contributed by atoms with Crippen molar-refractivity contribution in [2.75, 3.05) is 18.5 Å². The smallest absolute Gasteiger partial charge is 0.252 e. The molecule has 2 aromatic rings. The predicted molar refractivity (Wildman–Crippen MR) is 84.2 cm³/mol. The van der Waals surface area contributed by atoms with E-state index in [9.17, 15) is 4.79 Å². The highest BCUT2D eigenvalue weighted by Crippen LogP contribution is 2.36. The predicted octanol–water partition coefficient (Wildman–Crippen LogP) is 1.51. The molecule has 0 aliphatic heterocycles. The van der Waals surface area contributed by atoms with Crippen LogP contribution in [0.15, 0.2) is 30.3 Å². The highest BCUT2D eigenvalue weighted by atomic mass is 16.1. The quantitative estimate of drug-likeness (QED) is 0.871. The Hall–Kier alpha value is -2.14. The van der Waals surface area contributed by atoms with Crippen molar-refractivity contribution in [1.29, 1.82) is 0 Å². The minimum absolute atomic E-state index is 0.205. The van der Waals surface area contributed by atoms with Crippen molar-refractivity contribution < 1.29 is 4.79 Å². The number of fused-ring (bicyclic) bond motifs is 1.